The summed E-state index contributed by atoms with van der Waals surface area (Å²) in [4.78, 5) is 10.1. The maximum atomic E-state index is 5.22. The molecule has 5 heteroatoms. The molecule has 17 heavy (non-hydrogen) atoms. The third-order valence-electron chi connectivity index (χ3n) is 3.77. The maximum Gasteiger partial charge on any atom is 0.198 e. The molecule has 4 nitrogen and oxygen atoms in total. The van der Waals surface area contributed by atoms with Gasteiger partial charge in [-0.3, -0.25) is 0 Å². The molecule has 3 rings (SSSR count). The zero-order valence-electron chi connectivity index (χ0n) is 10.1. The van der Waals surface area contributed by atoms with Gasteiger partial charge in [0.1, 0.15) is 5.82 Å². The molecule has 0 amide bonds. The molecule has 2 aliphatic rings. The molecule has 1 fully saturated rings. The second kappa shape index (κ2) is 4.38. The average Bonchev–Trinajstić information content (AvgIpc) is 2.75. The monoisotopic (exact) mass is 250 g/mol. The highest BCUT2D eigenvalue weighted by Gasteiger charge is 2.25. The molecule has 1 aromatic heterocycles. The van der Waals surface area contributed by atoms with Crippen LogP contribution in [0.5, 0.6) is 0 Å². The third-order valence-corrected chi connectivity index (χ3v) is 3.96. The molecule has 0 saturated carbocycles. The highest BCUT2D eigenvalue weighted by Crippen LogP contribution is 2.32. The van der Waals surface area contributed by atoms with Crippen molar-refractivity contribution in [1.29, 1.82) is 0 Å². The number of aromatic nitrogens is 2. The topological polar surface area (TPSA) is 44.0 Å². The molecule has 2 N–H and O–H groups in total. The summed E-state index contributed by atoms with van der Waals surface area (Å²) >= 11 is 5.22. The van der Waals surface area contributed by atoms with Crippen LogP contribution in [0.3, 0.4) is 0 Å². The van der Waals surface area contributed by atoms with Crippen LogP contribution in [0.1, 0.15) is 30.0 Å². The number of hydrogen-bond donors (Lipinski definition) is 2. The number of nitrogens with one attached hydrogen (secondary N) is 2. The van der Waals surface area contributed by atoms with E-state index in [1.807, 2.05) is 0 Å². The molecular formula is C12H18N4S. The van der Waals surface area contributed by atoms with Crippen LogP contribution in [0.25, 0.3) is 0 Å². The third kappa shape index (κ3) is 2.09. The minimum absolute atomic E-state index is 0.590. The Kier molecular flexibility index (Phi) is 2.88. The number of likely N-dealkylation sites (N-methyl/N-ethyl adjacent to an activating group) is 1. The number of likely N-dealkylation sites (tertiary alicyclic amines) is 1. The quantitative estimate of drug-likeness (QED) is 0.747. The van der Waals surface area contributed by atoms with Gasteiger partial charge in [0.25, 0.3) is 0 Å². The maximum absolute atomic E-state index is 5.22. The number of rotatable bonds is 1. The van der Waals surface area contributed by atoms with Gasteiger partial charge in [0.15, 0.2) is 4.77 Å². The van der Waals surface area contributed by atoms with Crippen LogP contribution in [0.15, 0.2) is 0 Å². The van der Waals surface area contributed by atoms with Crippen molar-refractivity contribution >= 4 is 18.0 Å². The van der Waals surface area contributed by atoms with Crippen molar-refractivity contribution in [3.63, 3.8) is 0 Å². The second-order valence-electron chi connectivity index (χ2n) is 5.06. The Morgan fingerprint density at radius 1 is 1.47 bits per heavy atom. The van der Waals surface area contributed by atoms with Gasteiger partial charge in [0, 0.05) is 30.3 Å². The van der Waals surface area contributed by atoms with Gasteiger partial charge in [0.2, 0.25) is 0 Å². The molecular weight excluding hydrogens is 232 g/mol. The smallest absolute Gasteiger partial charge is 0.198 e. The van der Waals surface area contributed by atoms with E-state index in [9.17, 15) is 0 Å². The van der Waals surface area contributed by atoms with E-state index in [2.05, 4.69) is 27.2 Å². The van der Waals surface area contributed by atoms with E-state index < -0.39 is 0 Å². The normalized spacial score (nSPS) is 24.4. The summed E-state index contributed by atoms with van der Waals surface area (Å²) in [5.74, 6) is 1.60. The van der Waals surface area contributed by atoms with E-state index >= 15 is 0 Å². The predicted octanol–water partition coefficient (Wildman–Crippen LogP) is 1.92. The van der Waals surface area contributed by atoms with Gasteiger partial charge >= 0.3 is 0 Å². The summed E-state index contributed by atoms with van der Waals surface area (Å²) in [6.45, 7) is 3.33. The van der Waals surface area contributed by atoms with E-state index in [0.717, 1.165) is 25.3 Å². The van der Waals surface area contributed by atoms with Gasteiger partial charge in [-0.25, -0.2) is 4.98 Å². The molecule has 2 aliphatic heterocycles. The lowest BCUT2D eigenvalue weighted by molar-refractivity contribution is 0.248. The Bertz CT molecular complexity index is 482. The standard InChI is InChI=1S/C12H18N4S/c1-16-6-2-3-8(7-16)10-9-4-5-13-11(9)15-12(17)14-10/h8H,2-7H2,1H3,(H2,13,14,15,17). The molecule has 1 unspecified atom stereocenters. The highest BCUT2D eigenvalue weighted by molar-refractivity contribution is 7.71. The number of H-pyrrole nitrogens is 1. The molecule has 0 aliphatic carbocycles. The molecule has 0 radical (unpaired) electrons. The molecule has 0 spiro atoms. The predicted molar refractivity (Wildman–Crippen MR) is 71.1 cm³/mol. The summed E-state index contributed by atoms with van der Waals surface area (Å²) in [7, 11) is 2.19. The van der Waals surface area contributed by atoms with E-state index in [4.69, 9.17) is 12.2 Å². The Morgan fingerprint density at radius 2 is 2.35 bits per heavy atom. The van der Waals surface area contributed by atoms with Gasteiger partial charge in [0.05, 0.1) is 0 Å². The van der Waals surface area contributed by atoms with Crippen LogP contribution in [-0.4, -0.2) is 41.5 Å². The number of hydrogen-bond acceptors (Lipinski definition) is 4. The van der Waals surface area contributed by atoms with Crippen LogP contribution < -0.4 is 5.32 Å². The largest absolute Gasteiger partial charge is 0.369 e. The van der Waals surface area contributed by atoms with Gasteiger partial charge in [-0.15, -0.1) is 0 Å². The number of fused-ring (bicyclic) bond motifs is 1. The Labute approximate surface area is 106 Å². The lowest BCUT2D eigenvalue weighted by atomic mass is 9.92. The molecule has 3 heterocycles. The summed E-state index contributed by atoms with van der Waals surface area (Å²) in [6.07, 6.45) is 3.60. The van der Waals surface area contributed by atoms with Crippen molar-refractivity contribution in [1.82, 2.24) is 14.9 Å². The summed E-state index contributed by atoms with van der Waals surface area (Å²) in [6, 6.07) is 0. The van der Waals surface area contributed by atoms with Crippen LogP contribution in [0, 0.1) is 4.77 Å². The first-order chi connectivity index (χ1) is 8.24. The van der Waals surface area contributed by atoms with Crippen molar-refractivity contribution in [2.45, 2.75) is 25.2 Å². The highest BCUT2D eigenvalue weighted by atomic mass is 32.1. The number of aromatic amines is 1. The Balaban J connectivity index is 1.99. The summed E-state index contributed by atoms with van der Waals surface area (Å²) < 4.78 is 0.612. The summed E-state index contributed by atoms with van der Waals surface area (Å²) in [5.41, 5.74) is 2.69. The van der Waals surface area contributed by atoms with Gasteiger partial charge in [-0.1, -0.05) is 0 Å². The van der Waals surface area contributed by atoms with Crippen molar-refractivity contribution in [3.8, 4) is 0 Å². The number of anilines is 1. The molecule has 1 atom stereocenters. The van der Waals surface area contributed by atoms with Crippen LogP contribution in [-0.2, 0) is 6.42 Å². The molecule has 0 bridgehead atoms. The second-order valence-corrected chi connectivity index (χ2v) is 5.45. The minimum Gasteiger partial charge on any atom is -0.369 e. The molecule has 92 valence electrons. The van der Waals surface area contributed by atoms with Crippen LogP contribution in [0.2, 0.25) is 0 Å². The molecule has 1 saturated heterocycles. The Morgan fingerprint density at radius 3 is 3.18 bits per heavy atom. The SMILES string of the molecule is CN1CCCC(c2[nH]c(=S)nc3c2CCN3)C1. The van der Waals surface area contributed by atoms with Gasteiger partial charge in [-0.2, -0.15) is 0 Å². The fraction of sp³-hybridized carbons (Fsp3) is 0.667. The van der Waals surface area contributed by atoms with Crippen LogP contribution in [0.4, 0.5) is 5.82 Å². The zero-order valence-corrected chi connectivity index (χ0v) is 10.9. The zero-order chi connectivity index (χ0) is 11.8. The van der Waals surface area contributed by atoms with Crippen LogP contribution >= 0.6 is 12.2 Å². The van der Waals surface area contributed by atoms with Crippen molar-refractivity contribution in [2.75, 3.05) is 32.0 Å². The first-order valence-corrected chi connectivity index (χ1v) is 6.70. The number of nitrogens with zero attached hydrogens (tertiary/aromatic N) is 2. The van der Waals surface area contributed by atoms with E-state index in [-0.39, 0.29) is 0 Å². The van der Waals surface area contributed by atoms with E-state index in [1.54, 1.807) is 0 Å². The van der Waals surface area contributed by atoms with Gasteiger partial charge in [-0.05, 0) is 45.1 Å². The fourth-order valence-corrected chi connectivity index (χ4v) is 3.17. The fourth-order valence-electron chi connectivity index (χ4n) is 2.97. The number of piperidine rings is 1. The minimum atomic E-state index is 0.590. The van der Waals surface area contributed by atoms with Gasteiger partial charge < -0.3 is 15.2 Å². The first kappa shape index (κ1) is 11.2. The lowest BCUT2D eigenvalue weighted by Gasteiger charge is -2.30. The van der Waals surface area contributed by atoms with E-state index in [0.29, 0.717) is 10.7 Å². The average molecular weight is 250 g/mol. The first-order valence-electron chi connectivity index (χ1n) is 6.29. The molecule has 0 aromatic carbocycles. The summed E-state index contributed by atoms with van der Waals surface area (Å²) in [5, 5.41) is 3.32. The Hall–Kier alpha value is -0.940. The van der Waals surface area contributed by atoms with Crippen molar-refractivity contribution < 1.29 is 0 Å². The van der Waals surface area contributed by atoms with E-state index in [1.165, 1.54) is 30.6 Å². The lowest BCUT2D eigenvalue weighted by Crippen LogP contribution is -2.31. The van der Waals surface area contributed by atoms with Crippen molar-refractivity contribution in [2.24, 2.45) is 0 Å². The molecule has 1 aromatic rings. The van der Waals surface area contributed by atoms with Crippen molar-refractivity contribution in [3.05, 3.63) is 16.0 Å².